The lowest BCUT2D eigenvalue weighted by atomic mass is 10.2. The van der Waals surface area contributed by atoms with Gasteiger partial charge in [0.1, 0.15) is 11.6 Å². The van der Waals surface area contributed by atoms with E-state index in [0.717, 1.165) is 16.7 Å². The Morgan fingerprint density at radius 2 is 2.15 bits per heavy atom. The molecule has 100 valence electrons. The van der Waals surface area contributed by atoms with Gasteiger partial charge in [0.15, 0.2) is 5.65 Å². The summed E-state index contributed by atoms with van der Waals surface area (Å²) in [6, 6.07) is 7.39. The first-order valence-electron chi connectivity index (χ1n) is 5.99. The maximum atomic E-state index is 5.90. The van der Waals surface area contributed by atoms with Gasteiger partial charge in [-0.1, -0.05) is 12.6 Å². The summed E-state index contributed by atoms with van der Waals surface area (Å²) in [5.41, 5.74) is 8.23. The first-order chi connectivity index (χ1) is 9.56. The van der Waals surface area contributed by atoms with Crippen LogP contribution in [0.1, 0.15) is 12.6 Å². The van der Waals surface area contributed by atoms with Gasteiger partial charge in [0.2, 0.25) is 5.28 Å². The van der Waals surface area contributed by atoms with Gasteiger partial charge in [-0.15, -0.1) is 0 Å². The van der Waals surface area contributed by atoms with E-state index >= 15 is 0 Å². The van der Waals surface area contributed by atoms with Crippen LogP contribution in [-0.2, 0) is 0 Å². The summed E-state index contributed by atoms with van der Waals surface area (Å²) in [6.45, 7) is 5.91. The normalized spacial score (nSPS) is 10.9. The van der Waals surface area contributed by atoms with Gasteiger partial charge < -0.3 is 5.73 Å². The van der Waals surface area contributed by atoms with Crippen LogP contribution in [0, 0.1) is 0 Å². The molecule has 2 N–H and O–H groups in total. The molecule has 3 rings (SSSR count). The summed E-state index contributed by atoms with van der Waals surface area (Å²) in [5, 5.41) is 1.06. The predicted octanol–water partition coefficient (Wildman–Crippen LogP) is 3.08. The maximum absolute atomic E-state index is 5.90. The number of rotatable bonds is 2. The summed E-state index contributed by atoms with van der Waals surface area (Å²) in [5.74, 6) is 1.12. The Bertz CT molecular complexity index is 822. The number of hydrogen-bond donors (Lipinski definition) is 1. The number of fused-ring (bicyclic) bond motifs is 1. The second-order valence-corrected chi connectivity index (χ2v) is 4.82. The fourth-order valence-electron chi connectivity index (χ4n) is 2.08. The molecule has 0 radical (unpaired) electrons. The van der Waals surface area contributed by atoms with E-state index in [1.807, 2.05) is 29.7 Å². The number of nitrogens with zero attached hydrogens (tertiary/aromatic N) is 4. The van der Waals surface area contributed by atoms with Gasteiger partial charge >= 0.3 is 0 Å². The third kappa shape index (κ3) is 2.02. The smallest absolute Gasteiger partial charge is 0.224 e. The van der Waals surface area contributed by atoms with Crippen molar-refractivity contribution in [1.29, 1.82) is 0 Å². The first-order valence-corrected chi connectivity index (χ1v) is 6.37. The zero-order valence-electron chi connectivity index (χ0n) is 10.8. The van der Waals surface area contributed by atoms with E-state index in [1.54, 1.807) is 12.3 Å². The lowest BCUT2D eigenvalue weighted by molar-refractivity contribution is 1.00. The molecule has 0 amide bonds. The molecule has 0 spiro atoms. The van der Waals surface area contributed by atoms with Crippen molar-refractivity contribution in [2.45, 2.75) is 6.92 Å². The molecule has 0 saturated carbocycles. The third-order valence-corrected chi connectivity index (χ3v) is 3.12. The molecular weight excluding hydrogens is 274 g/mol. The minimum Gasteiger partial charge on any atom is -0.384 e. The van der Waals surface area contributed by atoms with Crippen molar-refractivity contribution in [3.8, 4) is 5.82 Å². The van der Waals surface area contributed by atoms with Crippen LogP contribution in [0.5, 0.6) is 0 Å². The van der Waals surface area contributed by atoms with Gasteiger partial charge in [-0.05, 0) is 42.3 Å². The molecule has 0 unspecified atom stereocenters. The second kappa shape index (κ2) is 4.61. The molecule has 6 heteroatoms. The fraction of sp³-hybridized carbons (Fsp3) is 0.0714. The number of pyridine rings is 1. The van der Waals surface area contributed by atoms with Gasteiger partial charge in [-0.3, -0.25) is 4.57 Å². The van der Waals surface area contributed by atoms with Crippen molar-refractivity contribution >= 4 is 34.0 Å². The second-order valence-electron chi connectivity index (χ2n) is 4.48. The number of anilines is 1. The van der Waals surface area contributed by atoms with Crippen LogP contribution in [-0.4, -0.2) is 19.5 Å². The molecular formula is C14H12ClN5. The highest BCUT2D eigenvalue weighted by Gasteiger charge is 2.14. The quantitative estimate of drug-likeness (QED) is 0.735. The van der Waals surface area contributed by atoms with Gasteiger partial charge in [0, 0.05) is 11.6 Å². The summed E-state index contributed by atoms with van der Waals surface area (Å²) in [7, 11) is 0. The molecule has 20 heavy (non-hydrogen) atoms. The van der Waals surface area contributed by atoms with Crippen LogP contribution in [0.4, 0.5) is 5.82 Å². The average molecular weight is 286 g/mol. The predicted molar refractivity (Wildman–Crippen MR) is 80.8 cm³/mol. The van der Waals surface area contributed by atoms with E-state index in [4.69, 9.17) is 17.3 Å². The summed E-state index contributed by atoms with van der Waals surface area (Å²) < 4.78 is 1.88. The van der Waals surface area contributed by atoms with E-state index in [0.29, 0.717) is 17.3 Å². The lowest BCUT2D eigenvalue weighted by Gasteiger charge is -2.09. The van der Waals surface area contributed by atoms with Crippen LogP contribution in [0.15, 0.2) is 37.0 Å². The minimum absolute atomic E-state index is 0.189. The molecule has 0 saturated heterocycles. The lowest BCUT2D eigenvalue weighted by Crippen LogP contribution is -2.04. The Balaban J connectivity index is 2.39. The Kier molecular flexibility index (Phi) is 2.91. The Morgan fingerprint density at radius 3 is 2.85 bits per heavy atom. The zero-order chi connectivity index (χ0) is 14.3. The Morgan fingerprint density at radius 1 is 1.35 bits per heavy atom. The Labute approximate surface area is 120 Å². The van der Waals surface area contributed by atoms with Gasteiger partial charge in [0.25, 0.3) is 0 Å². The first kappa shape index (κ1) is 12.6. The van der Waals surface area contributed by atoms with E-state index in [2.05, 4.69) is 21.5 Å². The Hall–Kier alpha value is -2.40. The maximum Gasteiger partial charge on any atom is 0.224 e. The number of allylic oxidation sites excluding steroid dienone is 1. The summed E-state index contributed by atoms with van der Waals surface area (Å²) in [6.07, 6.45) is 1.68. The molecule has 0 aliphatic carbocycles. The third-order valence-electron chi connectivity index (χ3n) is 2.93. The molecule has 3 aromatic heterocycles. The minimum atomic E-state index is 0.189. The molecule has 0 bridgehead atoms. The van der Waals surface area contributed by atoms with Gasteiger partial charge in [-0.2, -0.15) is 4.98 Å². The van der Waals surface area contributed by atoms with Crippen molar-refractivity contribution in [3.05, 3.63) is 48.0 Å². The number of nitrogens with two attached hydrogens (primary N) is 1. The summed E-state index contributed by atoms with van der Waals surface area (Å²) in [4.78, 5) is 12.6. The van der Waals surface area contributed by atoms with Crippen molar-refractivity contribution in [2.24, 2.45) is 0 Å². The van der Waals surface area contributed by atoms with Crippen molar-refractivity contribution < 1.29 is 0 Å². The molecule has 0 aliphatic rings. The molecule has 5 nitrogen and oxygen atoms in total. The standard InChI is InChI=1S/C14H12ClN5/c1-8(2)10-6-9-7-17-14(15)19-13(9)20(10)12-5-3-4-11(16)18-12/h3-7H,1H2,2H3,(H2,16,18). The van der Waals surface area contributed by atoms with Crippen LogP contribution in [0.2, 0.25) is 5.28 Å². The largest absolute Gasteiger partial charge is 0.384 e. The highest BCUT2D eigenvalue weighted by Crippen LogP contribution is 2.26. The number of nitrogen functional groups attached to an aromatic ring is 1. The molecule has 3 aromatic rings. The monoisotopic (exact) mass is 285 g/mol. The molecule has 0 atom stereocenters. The highest BCUT2D eigenvalue weighted by atomic mass is 35.5. The SMILES string of the molecule is C=C(C)c1cc2cnc(Cl)nc2n1-c1cccc(N)n1. The van der Waals surface area contributed by atoms with Gasteiger partial charge in [0.05, 0.1) is 5.69 Å². The van der Waals surface area contributed by atoms with Crippen LogP contribution in [0.25, 0.3) is 22.4 Å². The average Bonchev–Trinajstić information content (AvgIpc) is 2.77. The zero-order valence-corrected chi connectivity index (χ0v) is 11.6. The summed E-state index contributed by atoms with van der Waals surface area (Å²) >= 11 is 5.90. The highest BCUT2D eigenvalue weighted by molar-refractivity contribution is 6.28. The van der Waals surface area contributed by atoms with E-state index in [9.17, 15) is 0 Å². The van der Waals surface area contributed by atoms with E-state index < -0.39 is 0 Å². The van der Waals surface area contributed by atoms with Crippen molar-refractivity contribution in [2.75, 3.05) is 5.73 Å². The number of hydrogen-bond acceptors (Lipinski definition) is 4. The van der Waals surface area contributed by atoms with Crippen molar-refractivity contribution in [1.82, 2.24) is 19.5 Å². The number of halogens is 1. The topological polar surface area (TPSA) is 69.6 Å². The van der Waals surface area contributed by atoms with Crippen molar-refractivity contribution in [3.63, 3.8) is 0 Å². The van der Waals surface area contributed by atoms with Gasteiger partial charge in [-0.25, -0.2) is 9.97 Å². The van der Waals surface area contributed by atoms with E-state index in [1.165, 1.54) is 0 Å². The molecule has 0 aromatic carbocycles. The van der Waals surface area contributed by atoms with Crippen LogP contribution < -0.4 is 5.73 Å². The molecule has 3 heterocycles. The van der Waals surface area contributed by atoms with Crippen LogP contribution >= 0.6 is 11.6 Å². The molecule has 0 aliphatic heterocycles. The fourth-order valence-corrected chi connectivity index (χ4v) is 2.21. The van der Waals surface area contributed by atoms with Crippen LogP contribution in [0.3, 0.4) is 0 Å². The van der Waals surface area contributed by atoms with E-state index in [-0.39, 0.29) is 5.28 Å². The molecule has 0 fully saturated rings. The number of aromatic nitrogens is 4.